The van der Waals surface area contributed by atoms with Gasteiger partial charge in [0.15, 0.2) is 0 Å². The fourth-order valence-electron chi connectivity index (χ4n) is 1.69. The summed E-state index contributed by atoms with van der Waals surface area (Å²) in [5.74, 6) is 0.968. The minimum Gasteiger partial charge on any atom is -0.496 e. The topological polar surface area (TPSA) is 29.5 Å². The normalized spacial score (nSPS) is 10.4. The third-order valence-electron chi connectivity index (χ3n) is 2.42. The maximum Gasteiger partial charge on any atom is 0.126 e. The highest BCUT2D eigenvalue weighted by atomic mass is 32.2. The lowest BCUT2D eigenvalue weighted by Crippen LogP contribution is -1.99. The van der Waals surface area contributed by atoms with Crippen LogP contribution in [0, 0.1) is 6.92 Å². The highest BCUT2D eigenvalue weighted by Gasteiger charge is 2.10. The second-order valence-electron chi connectivity index (χ2n) is 3.42. The molecule has 0 aromatic heterocycles. The van der Waals surface area contributed by atoms with Crippen LogP contribution in [0.5, 0.6) is 5.75 Å². The van der Waals surface area contributed by atoms with E-state index in [1.807, 2.05) is 6.92 Å². The van der Waals surface area contributed by atoms with E-state index in [1.165, 1.54) is 10.5 Å². The molecule has 0 fully saturated rings. The van der Waals surface area contributed by atoms with Crippen molar-refractivity contribution in [3.05, 3.63) is 23.3 Å². The van der Waals surface area contributed by atoms with E-state index in [9.17, 15) is 0 Å². The Labute approximate surface area is 95.7 Å². The second-order valence-corrected chi connectivity index (χ2v) is 4.27. The van der Waals surface area contributed by atoms with E-state index in [1.54, 1.807) is 18.9 Å². The van der Waals surface area contributed by atoms with Crippen molar-refractivity contribution in [2.75, 3.05) is 20.0 Å². The molecule has 84 valence electrons. The van der Waals surface area contributed by atoms with Crippen LogP contribution in [0.25, 0.3) is 0 Å². The molecule has 0 aliphatic rings. The maximum atomic E-state index is 8.88. The van der Waals surface area contributed by atoms with Gasteiger partial charge in [0.25, 0.3) is 0 Å². The fourth-order valence-corrected chi connectivity index (χ4v) is 2.34. The first-order valence-electron chi connectivity index (χ1n) is 5.06. The molecule has 0 atom stereocenters. The number of aliphatic hydroxyl groups is 1. The number of ether oxygens (including phenoxy) is 1. The van der Waals surface area contributed by atoms with Gasteiger partial charge in [0.1, 0.15) is 5.75 Å². The van der Waals surface area contributed by atoms with Gasteiger partial charge in [0.2, 0.25) is 0 Å². The van der Waals surface area contributed by atoms with Crippen molar-refractivity contribution in [3.8, 4) is 5.75 Å². The molecule has 0 aliphatic carbocycles. The SMILES string of the molecule is COc1c(C)ccc(SC)c1CCCO. The van der Waals surface area contributed by atoms with Crippen LogP contribution in [0.15, 0.2) is 17.0 Å². The number of aryl methyl sites for hydroxylation is 1. The minimum absolute atomic E-state index is 0.227. The summed E-state index contributed by atoms with van der Waals surface area (Å²) < 4.78 is 5.42. The maximum absolute atomic E-state index is 8.88. The number of hydrogen-bond acceptors (Lipinski definition) is 3. The molecule has 0 heterocycles. The number of benzene rings is 1. The molecule has 0 saturated carbocycles. The fraction of sp³-hybridized carbons (Fsp3) is 0.500. The molecule has 15 heavy (non-hydrogen) atoms. The van der Waals surface area contributed by atoms with Crippen LogP contribution in [0.4, 0.5) is 0 Å². The predicted octanol–water partition coefficient (Wildman–Crippen LogP) is 2.65. The Morgan fingerprint density at radius 1 is 1.40 bits per heavy atom. The Hall–Kier alpha value is -0.670. The zero-order valence-electron chi connectivity index (χ0n) is 9.54. The van der Waals surface area contributed by atoms with E-state index >= 15 is 0 Å². The van der Waals surface area contributed by atoms with Crippen LogP contribution >= 0.6 is 11.8 Å². The van der Waals surface area contributed by atoms with Crippen molar-refractivity contribution < 1.29 is 9.84 Å². The van der Waals surface area contributed by atoms with Crippen LogP contribution < -0.4 is 4.74 Å². The third kappa shape index (κ3) is 2.89. The first kappa shape index (κ1) is 12.4. The minimum atomic E-state index is 0.227. The van der Waals surface area contributed by atoms with Gasteiger partial charge in [-0.05, 0) is 37.7 Å². The van der Waals surface area contributed by atoms with Gasteiger partial charge in [-0.25, -0.2) is 0 Å². The predicted molar refractivity (Wildman–Crippen MR) is 64.9 cm³/mol. The molecule has 0 amide bonds. The van der Waals surface area contributed by atoms with E-state index < -0.39 is 0 Å². The molecular formula is C12H18O2S. The standard InChI is InChI=1S/C12H18O2S/c1-9-6-7-11(15-3)10(5-4-8-13)12(9)14-2/h6-7,13H,4-5,8H2,1-3H3. The Kier molecular flexibility index (Phi) is 4.99. The van der Waals surface area contributed by atoms with Crippen LogP contribution in [-0.4, -0.2) is 25.1 Å². The molecule has 0 saturated heterocycles. The van der Waals surface area contributed by atoms with Gasteiger partial charge in [0.05, 0.1) is 7.11 Å². The number of thioether (sulfide) groups is 1. The van der Waals surface area contributed by atoms with Gasteiger partial charge in [-0.15, -0.1) is 11.8 Å². The van der Waals surface area contributed by atoms with Crippen LogP contribution in [0.3, 0.4) is 0 Å². The lowest BCUT2D eigenvalue weighted by molar-refractivity contribution is 0.287. The quantitative estimate of drug-likeness (QED) is 0.783. The summed E-state index contributed by atoms with van der Waals surface area (Å²) >= 11 is 1.72. The zero-order chi connectivity index (χ0) is 11.3. The highest BCUT2D eigenvalue weighted by molar-refractivity contribution is 7.98. The van der Waals surface area contributed by atoms with Gasteiger partial charge in [-0.1, -0.05) is 6.07 Å². The van der Waals surface area contributed by atoms with E-state index in [-0.39, 0.29) is 6.61 Å². The molecule has 0 radical (unpaired) electrons. The summed E-state index contributed by atoms with van der Waals surface area (Å²) in [6.45, 7) is 2.27. The lowest BCUT2D eigenvalue weighted by atomic mass is 10.1. The first-order valence-corrected chi connectivity index (χ1v) is 6.28. The molecule has 0 bridgehead atoms. The summed E-state index contributed by atoms with van der Waals surface area (Å²) in [6.07, 6.45) is 3.72. The van der Waals surface area contributed by atoms with Crippen molar-refractivity contribution >= 4 is 11.8 Å². The van der Waals surface area contributed by atoms with Crippen molar-refractivity contribution in [3.63, 3.8) is 0 Å². The summed E-state index contributed by atoms with van der Waals surface area (Å²) in [7, 11) is 1.70. The Bertz CT molecular complexity index is 324. The summed E-state index contributed by atoms with van der Waals surface area (Å²) in [4.78, 5) is 1.24. The van der Waals surface area contributed by atoms with Gasteiger partial charge in [-0.2, -0.15) is 0 Å². The third-order valence-corrected chi connectivity index (χ3v) is 3.25. The molecule has 3 heteroatoms. The molecule has 1 N–H and O–H groups in total. The largest absolute Gasteiger partial charge is 0.496 e. The van der Waals surface area contributed by atoms with Crippen LogP contribution in [0.1, 0.15) is 17.5 Å². The van der Waals surface area contributed by atoms with Gasteiger partial charge < -0.3 is 9.84 Å². The van der Waals surface area contributed by atoms with Crippen LogP contribution in [-0.2, 0) is 6.42 Å². The highest BCUT2D eigenvalue weighted by Crippen LogP contribution is 2.32. The van der Waals surface area contributed by atoms with Crippen molar-refractivity contribution in [2.45, 2.75) is 24.7 Å². The van der Waals surface area contributed by atoms with Gasteiger partial charge in [-0.3, -0.25) is 0 Å². The monoisotopic (exact) mass is 226 g/mol. The molecule has 1 aromatic carbocycles. The Morgan fingerprint density at radius 3 is 2.67 bits per heavy atom. The second kappa shape index (κ2) is 6.03. The Balaban J connectivity index is 3.09. The van der Waals surface area contributed by atoms with E-state index in [0.29, 0.717) is 0 Å². The summed E-state index contributed by atoms with van der Waals surface area (Å²) in [6, 6.07) is 4.20. The average molecular weight is 226 g/mol. The van der Waals surface area contributed by atoms with Gasteiger partial charge in [0, 0.05) is 17.1 Å². The van der Waals surface area contributed by atoms with Crippen LogP contribution in [0.2, 0.25) is 0 Å². The molecule has 1 aromatic rings. The molecule has 0 unspecified atom stereocenters. The van der Waals surface area contributed by atoms with E-state index in [4.69, 9.17) is 9.84 Å². The van der Waals surface area contributed by atoms with E-state index in [2.05, 4.69) is 18.4 Å². The Morgan fingerprint density at radius 2 is 2.13 bits per heavy atom. The van der Waals surface area contributed by atoms with Gasteiger partial charge >= 0.3 is 0 Å². The number of aliphatic hydroxyl groups excluding tert-OH is 1. The molecular weight excluding hydrogens is 208 g/mol. The molecule has 0 aliphatic heterocycles. The van der Waals surface area contributed by atoms with Crippen molar-refractivity contribution in [1.82, 2.24) is 0 Å². The molecule has 2 nitrogen and oxygen atoms in total. The molecule has 0 spiro atoms. The number of methoxy groups -OCH3 is 1. The van der Waals surface area contributed by atoms with E-state index in [0.717, 1.165) is 24.2 Å². The smallest absolute Gasteiger partial charge is 0.126 e. The number of hydrogen-bond donors (Lipinski definition) is 1. The number of rotatable bonds is 5. The summed E-state index contributed by atoms with van der Waals surface area (Å²) in [5.41, 5.74) is 2.38. The molecule has 1 rings (SSSR count). The first-order chi connectivity index (χ1) is 7.24. The van der Waals surface area contributed by atoms with Crippen molar-refractivity contribution in [2.24, 2.45) is 0 Å². The average Bonchev–Trinajstić information content (AvgIpc) is 2.26. The lowest BCUT2D eigenvalue weighted by Gasteiger charge is -2.14. The van der Waals surface area contributed by atoms with Crippen molar-refractivity contribution in [1.29, 1.82) is 0 Å². The summed E-state index contributed by atoms with van der Waals surface area (Å²) in [5, 5.41) is 8.88. The zero-order valence-corrected chi connectivity index (χ0v) is 10.4.